The Hall–Kier alpha value is -2.28. The van der Waals surface area contributed by atoms with E-state index >= 15 is 0 Å². The molecule has 0 spiro atoms. The van der Waals surface area contributed by atoms with Gasteiger partial charge in [-0.2, -0.15) is 0 Å². The van der Waals surface area contributed by atoms with E-state index in [1.807, 2.05) is 12.1 Å². The Bertz CT molecular complexity index is 553. The van der Waals surface area contributed by atoms with Gasteiger partial charge in [0, 0.05) is 19.5 Å². The van der Waals surface area contributed by atoms with Gasteiger partial charge in [-0.05, 0) is 11.6 Å². The van der Waals surface area contributed by atoms with Gasteiger partial charge in [0.1, 0.15) is 0 Å². The van der Waals surface area contributed by atoms with Crippen LogP contribution in [0.1, 0.15) is 21.7 Å². The maximum atomic E-state index is 11.6. The monoisotopic (exact) mass is 262 g/mol. The van der Waals surface area contributed by atoms with E-state index in [1.165, 1.54) is 7.11 Å². The average molecular weight is 262 g/mol. The minimum absolute atomic E-state index is 0.174. The maximum Gasteiger partial charge on any atom is 0.360 e. The summed E-state index contributed by atoms with van der Waals surface area (Å²) in [6.07, 6.45) is 3.43. The minimum Gasteiger partial charge on any atom is -0.464 e. The van der Waals surface area contributed by atoms with Crippen molar-refractivity contribution in [3.05, 3.63) is 41.5 Å². The molecule has 0 radical (unpaired) electrons. The largest absolute Gasteiger partial charge is 0.464 e. The van der Waals surface area contributed by atoms with Crippen LogP contribution in [0.15, 0.2) is 24.5 Å². The fraction of sp³-hybridized carbons (Fsp3) is 0.333. The van der Waals surface area contributed by atoms with Crippen LogP contribution in [0.3, 0.4) is 0 Å². The summed E-state index contributed by atoms with van der Waals surface area (Å²) in [6.45, 7) is 0.703. The number of nitrogens with zero attached hydrogens (tertiary/aromatic N) is 4. The lowest BCUT2D eigenvalue weighted by Crippen LogP contribution is -2.11. The van der Waals surface area contributed by atoms with Crippen LogP contribution < -0.4 is 0 Å². The Balaban J connectivity index is 2.30. The summed E-state index contributed by atoms with van der Waals surface area (Å²) in [7, 11) is 2.85. The molecule has 0 unspecified atom stereocenters. The highest BCUT2D eigenvalue weighted by molar-refractivity contribution is 5.88. The Kier molecular flexibility index (Phi) is 4.19. The van der Waals surface area contributed by atoms with Crippen LogP contribution in [-0.2, 0) is 22.6 Å². The normalized spacial score (nSPS) is 10.4. The molecule has 0 bridgehead atoms. The lowest BCUT2D eigenvalue weighted by atomic mass is 10.2. The molecule has 0 aliphatic heterocycles. The first-order valence-electron chi connectivity index (χ1n) is 5.64. The Labute approximate surface area is 110 Å². The van der Waals surface area contributed by atoms with Crippen molar-refractivity contribution in [2.24, 2.45) is 0 Å². The summed E-state index contributed by atoms with van der Waals surface area (Å²) >= 11 is 0. The molecule has 7 nitrogen and oxygen atoms in total. The molecular weight excluding hydrogens is 248 g/mol. The third-order valence-electron chi connectivity index (χ3n) is 2.55. The molecule has 100 valence electrons. The van der Waals surface area contributed by atoms with E-state index in [-0.39, 0.29) is 12.3 Å². The summed E-state index contributed by atoms with van der Waals surface area (Å²) in [6, 6.07) is 3.76. The van der Waals surface area contributed by atoms with Crippen molar-refractivity contribution in [3.63, 3.8) is 0 Å². The van der Waals surface area contributed by atoms with Crippen molar-refractivity contribution < 1.29 is 14.3 Å². The molecule has 19 heavy (non-hydrogen) atoms. The number of rotatable bonds is 5. The number of hydrogen-bond acceptors (Lipinski definition) is 6. The third kappa shape index (κ3) is 2.94. The molecular formula is C12H14N4O3. The number of esters is 1. The topological polar surface area (TPSA) is 79.1 Å². The van der Waals surface area contributed by atoms with Gasteiger partial charge in [-0.1, -0.05) is 11.3 Å². The van der Waals surface area contributed by atoms with Crippen LogP contribution >= 0.6 is 0 Å². The minimum atomic E-state index is -0.524. The highest BCUT2D eigenvalue weighted by atomic mass is 16.5. The number of ether oxygens (including phenoxy) is 2. The molecule has 0 fully saturated rings. The molecule has 2 aromatic rings. The van der Waals surface area contributed by atoms with E-state index < -0.39 is 5.97 Å². The van der Waals surface area contributed by atoms with Crippen molar-refractivity contribution in [2.45, 2.75) is 13.2 Å². The SMILES string of the molecule is COCc1c(C(=O)OC)nnn1Cc1cccnc1. The van der Waals surface area contributed by atoms with Gasteiger partial charge in [-0.15, -0.1) is 5.10 Å². The number of hydrogen-bond donors (Lipinski definition) is 0. The van der Waals surface area contributed by atoms with E-state index in [9.17, 15) is 4.79 Å². The standard InChI is InChI=1S/C12H14N4O3/c1-18-8-10-11(12(17)19-2)14-15-16(10)7-9-4-3-5-13-6-9/h3-6H,7-8H2,1-2H3. The molecule has 0 saturated heterocycles. The highest BCUT2D eigenvalue weighted by Crippen LogP contribution is 2.10. The van der Waals surface area contributed by atoms with Gasteiger partial charge in [-0.3, -0.25) is 4.98 Å². The fourth-order valence-corrected chi connectivity index (χ4v) is 1.66. The van der Waals surface area contributed by atoms with Gasteiger partial charge < -0.3 is 9.47 Å². The predicted molar refractivity (Wildman–Crippen MR) is 65.4 cm³/mol. The lowest BCUT2D eigenvalue weighted by Gasteiger charge is -2.06. The van der Waals surface area contributed by atoms with E-state index in [0.717, 1.165) is 5.56 Å². The summed E-state index contributed by atoms with van der Waals surface area (Å²) in [5.41, 5.74) is 1.72. The van der Waals surface area contributed by atoms with Crippen molar-refractivity contribution in [1.29, 1.82) is 0 Å². The Morgan fingerprint density at radius 1 is 1.42 bits per heavy atom. The third-order valence-corrected chi connectivity index (χ3v) is 2.55. The van der Waals surface area contributed by atoms with E-state index in [2.05, 4.69) is 20.0 Å². The number of carbonyl (C=O) groups excluding carboxylic acids is 1. The number of carbonyl (C=O) groups is 1. The zero-order valence-electron chi connectivity index (χ0n) is 10.7. The molecule has 0 atom stereocenters. The quantitative estimate of drug-likeness (QED) is 0.736. The summed E-state index contributed by atoms with van der Waals surface area (Å²) in [5.74, 6) is -0.524. The lowest BCUT2D eigenvalue weighted by molar-refractivity contribution is 0.0588. The molecule has 0 aliphatic carbocycles. The highest BCUT2D eigenvalue weighted by Gasteiger charge is 2.20. The molecule has 0 aliphatic rings. The van der Waals surface area contributed by atoms with Gasteiger partial charge in [-0.25, -0.2) is 9.48 Å². The van der Waals surface area contributed by atoms with Crippen LogP contribution in [0.2, 0.25) is 0 Å². The van der Waals surface area contributed by atoms with Crippen LogP contribution in [-0.4, -0.2) is 40.2 Å². The first kappa shape index (κ1) is 13.2. The van der Waals surface area contributed by atoms with Crippen LogP contribution in [0.25, 0.3) is 0 Å². The van der Waals surface area contributed by atoms with Crippen LogP contribution in [0.5, 0.6) is 0 Å². The van der Waals surface area contributed by atoms with Crippen molar-refractivity contribution >= 4 is 5.97 Å². The Morgan fingerprint density at radius 2 is 2.26 bits per heavy atom. The van der Waals surface area contributed by atoms with E-state index in [1.54, 1.807) is 24.2 Å². The first-order chi connectivity index (χ1) is 9.26. The van der Waals surface area contributed by atoms with Gasteiger partial charge in [0.15, 0.2) is 5.69 Å². The van der Waals surface area contributed by atoms with Crippen molar-refractivity contribution in [3.8, 4) is 0 Å². The molecule has 0 N–H and O–H groups in total. The second kappa shape index (κ2) is 6.05. The summed E-state index contributed by atoms with van der Waals surface area (Å²) in [5, 5.41) is 7.80. The van der Waals surface area contributed by atoms with E-state index in [0.29, 0.717) is 12.2 Å². The first-order valence-corrected chi connectivity index (χ1v) is 5.64. The molecule has 2 heterocycles. The zero-order chi connectivity index (χ0) is 13.7. The van der Waals surface area contributed by atoms with Crippen LogP contribution in [0, 0.1) is 0 Å². The molecule has 2 rings (SSSR count). The molecule has 0 aromatic carbocycles. The zero-order valence-corrected chi connectivity index (χ0v) is 10.7. The van der Waals surface area contributed by atoms with Gasteiger partial charge in [0.2, 0.25) is 0 Å². The van der Waals surface area contributed by atoms with Gasteiger partial charge in [0.05, 0.1) is 26.0 Å². The predicted octanol–water partition coefficient (Wildman–Crippen LogP) is 0.654. The van der Waals surface area contributed by atoms with E-state index in [4.69, 9.17) is 4.74 Å². The molecule has 2 aromatic heterocycles. The molecule has 0 saturated carbocycles. The van der Waals surface area contributed by atoms with Crippen molar-refractivity contribution in [1.82, 2.24) is 20.0 Å². The summed E-state index contributed by atoms with van der Waals surface area (Å²) in [4.78, 5) is 15.6. The fourth-order valence-electron chi connectivity index (χ4n) is 1.66. The Morgan fingerprint density at radius 3 is 2.89 bits per heavy atom. The summed E-state index contributed by atoms with van der Waals surface area (Å²) < 4.78 is 11.3. The average Bonchev–Trinajstić information content (AvgIpc) is 2.83. The van der Waals surface area contributed by atoms with Crippen molar-refractivity contribution in [2.75, 3.05) is 14.2 Å². The smallest absolute Gasteiger partial charge is 0.360 e. The van der Waals surface area contributed by atoms with Gasteiger partial charge in [0.25, 0.3) is 0 Å². The van der Waals surface area contributed by atoms with Gasteiger partial charge >= 0.3 is 5.97 Å². The van der Waals surface area contributed by atoms with Crippen LogP contribution in [0.4, 0.5) is 0 Å². The molecule has 7 heteroatoms. The second-order valence-corrected chi connectivity index (χ2v) is 3.83. The molecule has 0 amide bonds. The number of aromatic nitrogens is 4. The number of methoxy groups -OCH3 is 2. The number of pyridine rings is 1. The second-order valence-electron chi connectivity index (χ2n) is 3.83. The maximum absolute atomic E-state index is 11.6.